The van der Waals surface area contributed by atoms with Gasteiger partial charge in [0, 0.05) is 9.26 Å². The van der Waals surface area contributed by atoms with E-state index >= 15 is 0 Å². The third-order valence-electron chi connectivity index (χ3n) is 3.92. The van der Waals surface area contributed by atoms with Crippen molar-refractivity contribution in [1.29, 1.82) is 0 Å². The minimum Gasteiger partial charge on any atom is -0.398 e. The summed E-state index contributed by atoms with van der Waals surface area (Å²) in [4.78, 5) is 0. The first-order valence-electron chi connectivity index (χ1n) is 7.19. The molecule has 0 unspecified atom stereocenters. The third kappa shape index (κ3) is 4.79. The van der Waals surface area contributed by atoms with Gasteiger partial charge in [0.1, 0.15) is 14.7 Å². The summed E-state index contributed by atoms with van der Waals surface area (Å²) in [6, 6.07) is 9.63. The van der Waals surface area contributed by atoms with Crippen LogP contribution in [0.1, 0.15) is 26.3 Å². The predicted molar refractivity (Wildman–Crippen MR) is 98.2 cm³/mol. The first-order chi connectivity index (χ1) is 9.58. The summed E-state index contributed by atoms with van der Waals surface area (Å²) in [5, 5.41) is 0. The minimum absolute atomic E-state index is 0.514. The molecule has 110 valence electrons. The molecule has 0 atom stereocenters. The van der Waals surface area contributed by atoms with Gasteiger partial charge in [-0.25, -0.2) is 0 Å². The van der Waals surface area contributed by atoms with Crippen molar-refractivity contribution < 1.29 is 4.74 Å². The Balaban J connectivity index is 2.52. The lowest BCUT2D eigenvalue weighted by atomic mass is 10.2. The molecular weight excluding hydrogens is 377 g/mol. The molecule has 0 aliphatic carbocycles. The van der Waals surface area contributed by atoms with E-state index in [9.17, 15) is 0 Å². The molecule has 0 fully saturated rings. The zero-order valence-corrected chi connectivity index (χ0v) is 15.8. The van der Waals surface area contributed by atoms with Gasteiger partial charge in [0.15, 0.2) is 0 Å². The molecule has 1 aromatic rings. The Morgan fingerprint density at radius 2 is 1.85 bits per heavy atom. The van der Waals surface area contributed by atoms with Crippen LogP contribution < -0.4 is 5.73 Å². The van der Waals surface area contributed by atoms with Gasteiger partial charge in [0.25, 0.3) is 0 Å². The van der Waals surface area contributed by atoms with Gasteiger partial charge in [-0.05, 0) is 52.4 Å². The van der Waals surface area contributed by atoms with Gasteiger partial charge in [0.05, 0.1) is 6.61 Å². The summed E-state index contributed by atoms with van der Waals surface area (Å²) in [7, 11) is -1.33. The van der Waals surface area contributed by atoms with Crippen LogP contribution in [0.5, 0.6) is 0 Å². The molecule has 0 amide bonds. The van der Waals surface area contributed by atoms with Crippen molar-refractivity contribution in [1.82, 2.24) is 0 Å². The maximum atomic E-state index is 5.88. The number of halogens is 1. The van der Waals surface area contributed by atoms with E-state index in [-0.39, 0.29) is 0 Å². The summed E-state index contributed by atoms with van der Waals surface area (Å²) in [5.41, 5.74) is 11.4. The lowest BCUT2D eigenvalue weighted by Crippen LogP contribution is -2.29. The van der Waals surface area contributed by atoms with E-state index in [0.29, 0.717) is 13.2 Å². The first-order valence-corrected chi connectivity index (χ1v) is 10.9. The van der Waals surface area contributed by atoms with Crippen LogP contribution in [-0.2, 0) is 11.3 Å². The summed E-state index contributed by atoms with van der Waals surface area (Å²) in [6.45, 7) is 7.90. The Labute approximate surface area is 137 Å². The van der Waals surface area contributed by atoms with Gasteiger partial charge >= 0.3 is 0 Å². The maximum absolute atomic E-state index is 5.88. The second-order valence-corrected chi connectivity index (χ2v) is 11.0. The molecular formula is C16H24INOSi. The highest BCUT2D eigenvalue weighted by atomic mass is 127. The van der Waals surface area contributed by atoms with Crippen molar-refractivity contribution in [2.24, 2.45) is 0 Å². The Morgan fingerprint density at radius 3 is 2.45 bits per heavy atom. The van der Waals surface area contributed by atoms with Crippen LogP contribution in [0.2, 0.25) is 18.1 Å². The van der Waals surface area contributed by atoms with E-state index < -0.39 is 8.07 Å². The van der Waals surface area contributed by atoms with E-state index in [2.05, 4.69) is 60.9 Å². The molecule has 20 heavy (non-hydrogen) atoms. The van der Waals surface area contributed by atoms with Gasteiger partial charge in [-0.3, -0.25) is 0 Å². The Kier molecular flexibility index (Phi) is 7.63. The van der Waals surface area contributed by atoms with Crippen molar-refractivity contribution in [2.75, 3.05) is 12.3 Å². The predicted octanol–water partition coefficient (Wildman–Crippen LogP) is 4.44. The van der Waals surface area contributed by atoms with Gasteiger partial charge in [0.2, 0.25) is 0 Å². The second kappa shape index (κ2) is 8.70. The van der Waals surface area contributed by atoms with Gasteiger partial charge < -0.3 is 10.5 Å². The van der Waals surface area contributed by atoms with Crippen LogP contribution in [-0.4, -0.2) is 14.7 Å². The van der Waals surface area contributed by atoms with E-state index in [0.717, 1.165) is 14.8 Å². The topological polar surface area (TPSA) is 35.2 Å². The number of anilines is 1. The monoisotopic (exact) mass is 401 g/mol. The Bertz CT molecular complexity index is 481. The number of hydrogen-bond acceptors (Lipinski definition) is 2. The second-order valence-electron chi connectivity index (χ2n) is 4.96. The SMILES string of the molecule is CC[Si](C#CCOCc1cccc(N)c1I)(CC)CC. The van der Waals surface area contributed by atoms with E-state index in [1.165, 1.54) is 18.1 Å². The molecule has 0 aliphatic heterocycles. The third-order valence-corrected chi connectivity index (χ3v) is 10.0. The lowest BCUT2D eigenvalue weighted by Gasteiger charge is -2.20. The van der Waals surface area contributed by atoms with Crippen molar-refractivity contribution in [3.63, 3.8) is 0 Å². The average molecular weight is 401 g/mol. The fourth-order valence-electron chi connectivity index (χ4n) is 2.16. The zero-order valence-electron chi connectivity index (χ0n) is 12.6. The van der Waals surface area contributed by atoms with Gasteiger partial charge in [-0.15, -0.1) is 5.54 Å². The smallest absolute Gasteiger partial charge is 0.137 e. The molecule has 0 heterocycles. The fourth-order valence-corrected chi connectivity index (χ4v) is 5.15. The average Bonchev–Trinajstić information content (AvgIpc) is 2.48. The number of rotatable bonds is 6. The summed E-state index contributed by atoms with van der Waals surface area (Å²) in [6.07, 6.45) is 0. The van der Waals surface area contributed by atoms with Crippen molar-refractivity contribution in [3.8, 4) is 11.5 Å². The number of nitrogens with two attached hydrogens (primary N) is 1. The van der Waals surface area contributed by atoms with E-state index in [4.69, 9.17) is 10.5 Å². The molecule has 0 spiro atoms. The fraction of sp³-hybridized carbons (Fsp3) is 0.500. The standard InChI is InChI=1S/C16H24INOSi/c1-4-20(5-2,6-3)12-8-11-19-13-14-9-7-10-15(18)16(14)17/h7,9-10H,4-6,11,13,18H2,1-3H3. The molecule has 0 bridgehead atoms. The van der Waals surface area contributed by atoms with Crippen LogP contribution in [0.15, 0.2) is 18.2 Å². The highest BCUT2D eigenvalue weighted by Gasteiger charge is 2.23. The van der Waals surface area contributed by atoms with Gasteiger partial charge in [-0.1, -0.05) is 38.8 Å². The molecule has 2 nitrogen and oxygen atoms in total. The maximum Gasteiger partial charge on any atom is 0.137 e. The quantitative estimate of drug-likeness (QED) is 0.252. The highest BCUT2D eigenvalue weighted by Crippen LogP contribution is 2.20. The van der Waals surface area contributed by atoms with E-state index in [1.54, 1.807) is 0 Å². The number of hydrogen-bond donors (Lipinski definition) is 1. The molecule has 0 saturated heterocycles. The molecule has 1 rings (SSSR count). The van der Waals surface area contributed by atoms with Gasteiger partial charge in [-0.2, -0.15) is 0 Å². The van der Waals surface area contributed by atoms with Crippen LogP contribution >= 0.6 is 22.6 Å². The molecule has 0 saturated carbocycles. The zero-order chi connectivity index (χ0) is 15.0. The van der Waals surface area contributed by atoms with Crippen LogP contribution in [0.4, 0.5) is 5.69 Å². The number of nitrogen functional groups attached to an aromatic ring is 1. The van der Waals surface area contributed by atoms with Crippen LogP contribution in [0.3, 0.4) is 0 Å². The molecule has 4 heteroatoms. The molecule has 0 aliphatic rings. The number of benzene rings is 1. The number of ether oxygens (including phenoxy) is 1. The summed E-state index contributed by atoms with van der Waals surface area (Å²) in [5.74, 6) is 3.24. The normalized spacial score (nSPS) is 11.0. The Morgan fingerprint density at radius 1 is 1.20 bits per heavy atom. The lowest BCUT2D eigenvalue weighted by molar-refractivity contribution is 0.153. The molecule has 1 aromatic carbocycles. The van der Waals surface area contributed by atoms with E-state index in [1.807, 2.05) is 12.1 Å². The Hall–Kier alpha value is -0.513. The highest BCUT2D eigenvalue weighted by molar-refractivity contribution is 14.1. The van der Waals surface area contributed by atoms with Crippen molar-refractivity contribution in [3.05, 3.63) is 27.3 Å². The molecule has 2 N–H and O–H groups in total. The first kappa shape index (κ1) is 17.5. The van der Waals surface area contributed by atoms with Crippen LogP contribution in [0.25, 0.3) is 0 Å². The molecule has 0 aromatic heterocycles. The summed E-state index contributed by atoms with van der Waals surface area (Å²) < 4.78 is 6.75. The minimum atomic E-state index is -1.33. The van der Waals surface area contributed by atoms with Crippen molar-refractivity contribution in [2.45, 2.75) is 45.5 Å². The molecule has 0 radical (unpaired) electrons. The van der Waals surface area contributed by atoms with Crippen molar-refractivity contribution >= 4 is 36.4 Å². The largest absolute Gasteiger partial charge is 0.398 e. The van der Waals surface area contributed by atoms with Crippen LogP contribution in [0, 0.1) is 15.0 Å². The summed E-state index contributed by atoms with van der Waals surface area (Å²) >= 11 is 2.26.